The molecule has 4 rings (SSSR count). The van der Waals surface area contributed by atoms with Crippen molar-refractivity contribution in [2.75, 3.05) is 16.0 Å². The Morgan fingerprint density at radius 3 is 1.77 bits per heavy atom. The normalized spacial score (nSPS) is 20.5. The summed E-state index contributed by atoms with van der Waals surface area (Å²) in [6.07, 6.45) is 0. The third-order valence-electron chi connectivity index (χ3n) is 4.55. The quantitative estimate of drug-likeness (QED) is 0.574. The molecule has 3 heterocycles. The van der Waals surface area contributed by atoms with Crippen LogP contribution in [-0.2, 0) is 0 Å². The van der Waals surface area contributed by atoms with Crippen LogP contribution in [0.25, 0.3) is 11.0 Å². The maximum atomic E-state index is 9.41. The number of anilines is 3. The van der Waals surface area contributed by atoms with E-state index in [1.54, 1.807) is 12.1 Å². The molecule has 1 aromatic carbocycles. The van der Waals surface area contributed by atoms with Crippen LogP contribution in [0.5, 0.6) is 0 Å². The monoisotopic (exact) mass is 390 g/mol. The van der Waals surface area contributed by atoms with Crippen molar-refractivity contribution in [1.82, 2.24) is 9.97 Å². The first kappa shape index (κ1) is 18.0. The number of benzene rings is 1. The number of fused-ring (bicyclic) bond motifs is 6. The predicted molar refractivity (Wildman–Crippen MR) is 101 cm³/mol. The molecule has 0 radical (unpaired) electrons. The molecule has 0 spiro atoms. The lowest BCUT2D eigenvalue weighted by molar-refractivity contribution is 0.794. The standard InChI is InChI=1S/C18H6N12/c19-1-7-8(2-20)26-14-13(25-7)15-17(29-10(4-22)9(3-21)27-15)18-16(14)28-11(5-23)12(6-24)30-18/h7-9,25-27H. The van der Waals surface area contributed by atoms with Crippen LogP contribution in [0, 0.1) is 68.0 Å². The smallest absolute Gasteiger partial charge is 0.177 e. The maximum Gasteiger partial charge on any atom is 0.177 e. The zero-order chi connectivity index (χ0) is 21.4. The van der Waals surface area contributed by atoms with E-state index in [0.717, 1.165) is 0 Å². The molecule has 0 amide bonds. The van der Waals surface area contributed by atoms with Gasteiger partial charge in [0.2, 0.25) is 0 Å². The molecule has 2 aromatic rings. The van der Waals surface area contributed by atoms with Crippen molar-refractivity contribution in [3.05, 3.63) is 11.4 Å². The lowest BCUT2D eigenvalue weighted by Gasteiger charge is -2.33. The van der Waals surface area contributed by atoms with Gasteiger partial charge in [-0.2, -0.15) is 31.6 Å². The molecule has 3 atom stereocenters. The van der Waals surface area contributed by atoms with Gasteiger partial charge in [0.25, 0.3) is 0 Å². The summed E-state index contributed by atoms with van der Waals surface area (Å²) in [6.45, 7) is 0. The molecule has 2 aliphatic rings. The van der Waals surface area contributed by atoms with Crippen molar-refractivity contribution >= 4 is 39.5 Å². The Bertz CT molecular complexity index is 1410. The highest BCUT2D eigenvalue weighted by Gasteiger charge is 2.36. The largest absolute Gasteiger partial charge is 0.364 e. The molecule has 12 heteroatoms. The first-order valence-corrected chi connectivity index (χ1v) is 8.29. The van der Waals surface area contributed by atoms with Crippen molar-refractivity contribution in [2.45, 2.75) is 18.1 Å². The van der Waals surface area contributed by atoms with E-state index >= 15 is 0 Å². The number of hydrogen-bond acceptors (Lipinski definition) is 12. The zero-order valence-corrected chi connectivity index (χ0v) is 14.8. The molecular formula is C18H6N12. The molecule has 0 bridgehead atoms. The summed E-state index contributed by atoms with van der Waals surface area (Å²) in [5.41, 5.74) is 0.573. The SMILES string of the molecule is N#CC1=Nc2c(c3c(c4nc(C#N)c(C#N)nc24)NC(C#N)C(C#N)N3)NC1C#N. The van der Waals surface area contributed by atoms with Crippen LogP contribution in [0.15, 0.2) is 4.99 Å². The van der Waals surface area contributed by atoms with Crippen LogP contribution in [-0.4, -0.2) is 33.8 Å². The van der Waals surface area contributed by atoms with E-state index in [-0.39, 0.29) is 45.2 Å². The van der Waals surface area contributed by atoms with Gasteiger partial charge in [-0.15, -0.1) is 0 Å². The van der Waals surface area contributed by atoms with E-state index in [2.05, 4.69) is 30.9 Å². The van der Waals surface area contributed by atoms with Gasteiger partial charge >= 0.3 is 0 Å². The minimum Gasteiger partial charge on any atom is -0.364 e. The molecule has 3 unspecified atom stereocenters. The van der Waals surface area contributed by atoms with E-state index < -0.39 is 18.1 Å². The average Bonchev–Trinajstić information content (AvgIpc) is 2.81. The minimum absolute atomic E-state index is 0.0948. The van der Waals surface area contributed by atoms with Crippen molar-refractivity contribution in [1.29, 1.82) is 31.6 Å². The van der Waals surface area contributed by atoms with Crippen LogP contribution in [0.1, 0.15) is 11.4 Å². The highest BCUT2D eigenvalue weighted by atomic mass is 15.1. The molecule has 0 saturated heterocycles. The third kappa shape index (κ3) is 2.37. The molecule has 0 fully saturated rings. The second-order valence-corrected chi connectivity index (χ2v) is 6.13. The lowest BCUT2D eigenvalue weighted by atomic mass is 9.99. The molecule has 0 aliphatic carbocycles. The number of aromatic nitrogens is 2. The van der Waals surface area contributed by atoms with Crippen LogP contribution in [0.4, 0.5) is 22.7 Å². The summed E-state index contributed by atoms with van der Waals surface area (Å²) >= 11 is 0. The fraction of sp³-hybridized carbons (Fsp3) is 0.167. The van der Waals surface area contributed by atoms with E-state index in [9.17, 15) is 31.6 Å². The molecule has 2 aliphatic heterocycles. The third-order valence-corrected chi connectivity index (χ3v) is 4.55. The summed E-state index contributed by atoms with van der Waals surface area (Å²) in [5.74, 6) is 0. The van der Waals surface area contributed by atoms with Crippen molar-refractivity contribution in [3.8, 4) is 36.4 Å². The number of nitrogens with zero attached hydrogens (tertiary/aromatic N) is 9. The lowest BCUT2D eigenvalue weighted by Crippen LogP contribution is -2.42. The second kappa shape index (κ2) is 6.63. The van der Waals surface area contributed by atoms with E-state index in [1.165, 1.54) is 0 Å². The molecule has 3 N–H and O–H groups in total. The highest BCUT2D eigenvalue weighted by Crippen LogP contribution is 2.49. The number of hydrogen-bond donors (Lipinski definition) is 3. The maximum absolute atomic E-state index is 9.41. The predicted octanol–water partition coefficient (Wildman–Crippen LogP) is 0.909. The summed E-state index contributed by atoms with van der Waals surface area (Å²) < 4.78 is 0. The van der Waals surface area contributed by atoms with Gasteiger partial charge in [0.1, 0.15) is 47.0 Å². The van der Waals surface area contributed by atoms with Crippen LogP contribution in [0.2, 0.25) is 0 Å². The zero-order valence-electron chi connectivity index (χ0n) is 14.8. The Kier molecular flexibility index (Phi) is 3.97. The van der Waals surface area contributed by atoms with Crippen molar-refractivity contribution in [3.63, 3.8) is 0 Å². The molecule has 12 nitrogen and oxygen atoms in total. The van der Waals surface area contributed by atoms with Crippen LogP contribution < -0.4 is 16.0 Å². The highest BCUT2D eigenvalue weighted by molar-refractivity contribution is 6.18. The Morgan fingerprint density at radius 1 is 0.633 bits per heavy atom. The summed E-state index contributed by atoms with van der Waals surface area (Å²) in [4.78, 5) is 12.6. The summed E-state index contributed by atoms with van der Waals surface area (Å²) in [6, 6.07) is 8.38. The Hall–Kier alpha value is -5.43. The fourth-order valence-corrected chi connectivity index (χ4v) is 3.22. The average molecular weight is 390 g/mol. The number of nitriles is 6. The van der Waals surface area contributed by atoms with Crippen LogP contribution >= 0.6 is 0 Å². The Balaban J connectivity index is 2.15. The molecule has 138 valence electrons. The van der Waals surface area contributed by atoms with Gasteiger partial charge in [-0.3, -0.25) is 0 Å². The first-order valence-electron chi connectivity index (χ1n) is 8.29. The van der Waals surface area contributed by atoms with E-state index in [1.807, 2.05) is 24.3 Å². The number of nitrogens with one attached hydrogen (secondary N) is 3. The summed E-state index contributed by atoms with van der Waals surface area (Å²) in [5, 5.41) is 64.9. The number of rotatable bonds is 0. The Morgan fingerprint density at radius 2 is 1.23 bits per heavy atom. The minimum atomic E-state index is -1.05. The van der Waals surface area contributed by atoms with E-state index in [0.29, 0.717) is 5.69 Å². The molecular weight excluding hydrogens is 384 g/mol. The van der Waals surface area contributed by atoms with Gasteiger partial charge in [-0.05, 0) is 0 Å². The van der Waals surface area contributed by atoms with Gasteiger partial charge in [0.15, 0.2) is 23.1 Å². The molecule has 1 aromatic heterocycles. The molecule has 0 saturated carbocycles. The first-order chi connectivity index (χ1) is 14.6. The van der Waals surface area contributed by atoms with Crippen molar-refractivity contribution < 1.29 is 0 Å². The van der Waals surface area contributed by atoms with Gasteiger partial charge in [0.05, 0.1) is 35.3 Å². The second-order valence-electron chi connectivity index (χ2n) is 6.13. The number of aliphatic imine (C=N–C) groups is 1. The fourth-order valence-electron chi connectivity index (χ4n) is 3.22. The summed E-state index contributed by atoms with van der Waals surface area (Å²) in [7, 11) is 0. The van der Waals surface area contributed by atoms with Gasteiger partial charge in [-0.25, -0.2) is 15.0 Å². The van der Waals surface area contributed by atoms with E-state index in [4.69, 9.17) is 0 Å². The van der Waals surface area contributed by atoms with Gasteiger partial charge in [-0.1, -0.05) is 0 Å². The van der Waals surface area contributed by atoms with Crippen molar-refractivity contribution in [2.24, 2.45) is 4.99 Å². The topological polar surface area (TPSA) is 217 Å². The molecule has 30 heavy (non-hydrogen) atoms. The Labute approximate surface area is 168 Å². The van der Waals surface area contributed by atoms with Gasteiger partial charge < -0.3 is 16.0 Å². The van der Waals surface area contributed by atoms with Gasteiger partial charge in [0, 0.05) is 0 Å². The van der Waals surface area contributed by atoms with Crippen LogP contribution in [0.3, 0.4) is 0 Å².